The van der Waals surface area contributed by atoms with Crippen molar-refractivity contribution in [2.24, 2.45) is 5.73 Å². The van der Waals surface area contributed by atoms with Gasteiger partial charge in [0.05, 0.1) is 12.9 Å². The Kier molecular flexibility index (Phi) is 7.01. The molecular formula is C15H22FNO3. The van der Waals surface area contributed by atoms with E-state index in [1.165, 1.54) is 7.11 Å². The van der Waals surface area contributed by atoms with Crippen molar-refractivity contribution in [1.29, 1.82) is 0 Å². The molecule has 4 nitrogen and oxygen atoms in total. The number of halogens is 1. The summed E-state index contributed by atoms with van der Waals surface area (Å²) >= 11 is 0. The second kappa shape index (κ2) is 7.71. The van der Waals surface area contributed by atoms with E-state index < -0.39 is 23.4 Å². The number of esters is 1. The Hall–Kier alpha value is -1.80. The van der Waals surface area contributed by atoms with Gasteiger partial charge in [-0.15, -0.1) is 6.42 Å². The Labute approximate surface area is 119 Å². The van der Waals surface area contributed by atoms with E-state index in [4.69, 9.17) is 21.6 Å². The predicted octanol–water partition coefficient (Wildman–Crippen LogP) is 2.45. The van der Waals surface area contributed by atoms with Gasteiger partial charge in [0.25, 0.3) is 0 Å². The average molecular weight is 283 g/mol. The summed E-state index contributed by atoms with van der Waals surface area (Å²) in [6, 6.07) is -1.01. The summed E-state index contributed by atoms with van der Waals surface area (Å²) in [5.41, 5.74) is 5.03. The van der Waals surface area contributed by atoms with Crippen LogP contribution in [0.3, 0.4) is 0 Å². The zero-order valence-corrected chi connectivity index (χ0v) is 12.6. The number of ether oxygens (including phenoxy) is 2. The van der Waals surface area contributed by atoms with E-state index in [0.29, 0.717) is 5.76 Å². The summed E-state index contributed by atoms with van der Waals surface area (Å²) in [6.45, 7) is 6.75. The van der Waals surface area contributed by atoms with Crippen molar-refractivity contribution in [3.63, 3.8) is 0 Å². The first-order chi connectivity index (χ1) is 9.10. The Morgan fingerprint density at radius 1 is 1.50 bits per heavy atom. The largest absolute Gasteiger partial charge is 0.501 e. The molecule has 0 bridgehead atoms. The second-order valence-electron chi connectivity index (χ2n) is 5.27. The zero-order chi connectivity index (χ0) is 15.9. The van der Waals surface area contributed by atoms with Crippen molar-refractivity contribution in [3.8, 4) is 12.3 Å². The molecule has 0 heterocycles. The number of carbonyl (C=O) groups is 1. The van der Waals surface area contributed by atoms with Gasteiger partial charge in [-0.05, 0) is 27.7 Å². The first kappa shape index (κ1) is 18.2. The smallest absolute Gasteiger partial charge is 0.323 e. The highest BCUT2D eigenvalue weighted by molar-refractivity contribution is 5.76. The molecule has 0 amide bonds. The van der Waals surface area contributed by atoms with E-state index in [0.717, 1.165) is 6.08 Å². The molecular weight excluding hydrogens is 261 g/mol. The lowest BCUT2D eigenvalue weighted by Crippen LogP contribution is -2.37. The monoisotopic (exact) mass is 283 g/mol. The molecule has 0 rings (SSSR count). The molecule has 1 atom stereocenters. The molecule has 0 aromatic heterocycles. The van der Waals surface area contributed by atoms with Gasteiger partial charge in [0.1, 0.15) is 17.5 Å². The third kappa shape index (κ3) is 6.95. The van der Waals surface area contributed by atoms with Crippen molar-refractivity contribution >= 4 is 5.97 Å². The molecule has 0 saturated carbocycles. The van der Waals surface area contributed by atoms with E-state index in [-0.39, 0.29) is 12.0 Å². The molecule has 0 aromatic rings. The van der Waals surface area contributed by atoms with Crippen LogP contribution in [0.4, 0.5) is 4.39 Å². The number of allylic oxidation sites excluding steroid dienone is 3. The number of methoxy groups -OCH3 is 1. The number of carbonyl (C=O) groups excluding carboxylic acids is 1. The van der Waals surface area contributed by atoms with Crippen LogP contribution in [-0.4, -0.2) is 24.7 Å². The Morgan fingerprint density at radius 3 is 2.45 bits per heavy atom. The van der Waals surface area contributed by atoms with Gasteiger partial charge in [-0.3, -0.25) is 4.79 Å². The molecule has 0 spiro atoms. The molecule has 0 aliphatic carbocycles. The maximum Gasteiger partial charge on any atom is 0.323 e. The van der Waals surface area contributed by atoms with Crippen LogP contribution in [0.1, 0.15) is 34.1 Å². The maximum atomic E-state index is 13.8. The molecule has 0 aromatic carbocycles. The second-order valence-corrected chi connectivity index (χ2v) is 5.27. The SMILES string of the molecule is C#C/C(C[C@H](N)C(=O)OC(C)(C)C)=C(F)\C=C(/C)OC. The van der Waals surface area contributed by atoms with Crippen LogP contribution in [0.15, 0.2) is 23.2 Å². The van der Waals surface area contributed by atoms with Crippen molar-refractivity contribution in [2.75, 3.05) is 7.11 Å². The lowest BCUT2D eigenvalue weighted by molar-refractivity contribution is -0.156. The van der Waals surface area contributed by atoms with Gasteiger partial charge in [-0.1, -0.05) is 5.92 Å². The van der Waals surface area contributed by atoms with E-state index in [1.807, 2.05) is 0 Å². The molecule has 112 valence electrons. The van der Waals surface area contributed by atoms with Gasteiger partial charge in [0.15, 0.2) is 0 Å². The van der Waals surface area contributed by atoms with Crippen molar-refractivity contribution in [1.82, 2.24) is 0 Å². The van der Waals surface area contributed by atoms with Crippen molar-refractivity contribution in [2.45, 2.75) is 45.8 Å². The number of hydrogen-bond donors (Lipinski definition) is 1. The Morgan fingerprint density at radius 2 is 2.05 bits per heavy atom. The average Bonchev–Trinajstić information content (AvgIpc) is 2.32. The fourth-order valence-electron chi connectivity index (χ4n) is 1.23. The third-order valence-corrected chi connectivity index (χ3v) is 2.25. The van der Waals surface area contributed by atoms with Crippen LogP contribution in [0.2, 0.25) is 0 Å². The fraction of sp³-hybridized carbons (Fsp3) is 0.533. The quantitative estimate of drug-likeness (QED) is 0.364. The van der Waals surface area contributed by atoms with Gasteiger partial charge in [-0.25, -0.2) is 4.39 Å². The molecule has 5 heteroatoms. The van der Waals surface area contributed by atoms with Crippen LogP contribution < -0.4 is 5.73 Å². The minimum atomic E-state index is -1.01. The predicted molar refractivity (Wildman–Crippen MR) is 76.2 cm³/mol. The summed E-state index contributed by atoms with van der Waals surface area (Å²) < 4.78 is 23.8. The van der Waals surface area contributed by atoms with Gasteiger partial charge < -0.3 is 15.2 Å². The topological polar surface area (TPSA) is 61.6 Å². The molecule has 2 N–H and O–H groups in total. The molecule has 0 fully saturated rings. The van der Waals surface area contributed by atoms with Crippen LogP contribution in [-0.2, 0) is 14.3 Å². The van der Waals surface area contributed by atoms with Crippen molar-refractivity contribution in [3.05, 3.63) is 23.2 Å². The summed E-state index contributed by atoms with van der Waals surface area (Å²) in [4.78, 5) is 11.7. The van der Waals surface area contributed by atoms with E-state index in [9.17, 15) is 9.18 Å². The van der Waals surface area contributed by atoms with Gasteiger partial charge >= 0.3 is 5.97 Å². The number of hydrogen-bond acceptors (Lipinski definition) is 4. The third-order valence-electron chi connectivity index (χ3n) is 2.25. The number of rotatable bonds is 5. The van der Waals surface area contributed by atoms with Crippen LogP contribution in [0.25, 0.3) is 0 Å². The summed E-state index contributed by atoms with van der Waals surface area (Å²) in [6.07, 6.45) is 6.28. The highest BCUT2D eigenvalue weighted by Crippen LogP contribution is 2.17. The molecule has 0 aliphatic heterocycles. The van der Waals surface area contributed by atoms with E-state index >= 15 is 0 Å². The molecule has 20 heavy (non-hydrogen) atoms. The normalized spacial score (nSPS) is 15.0. The summed E-state index contributed by atoms with van der Waals surface area (Å²) in [5.74, 6) is 1.29. The zero-order valence-electron chi connectivity index (χ0n) is 12.6. The fourth-order valence-corrected chi connectivity index (χ4v) is 1.23. The Balaban J connectivity index is 4.95. The number of nitrogens with two attached hydrogens (primary N) is 1. The summed E-state index contributed by atoms with van der Waals surface area (Å²) in [7, 11) is 1.42. The minimum Gasteiger partial charge on any atom is -0.501 e. The molecule has 0 saturated heterocycles. The highest BCUT2D eigenvalue weighted by Gasteiger charge is 2.23. The van der Waals surface area contributed by atoms with Crippen molar-refractivity contribution < 1.29 is 18.7 Å². The number of terminal acetylenes is 1. The molecule has 0 unspecified atom stereocenters. The lowest BCUT2D eigenvalue weighted by atomic mass is 10.1. The minimum absolute atomic E-state index is 0.000223. The van der Waals surface area contributed by atoms with Crippen LogP contribution in [0.5, 0.6) is 0 Å². The maximum absolute atomic E-state index is 13.8. The lowest BCUT2D eigenvalue weighted by Gasteiger charge is -2.22. The van der Waals surface area contributed by atoms with E-state index in [2.05, 4.69) is 5.92 Å². The molecule has 0 aliphatic rings. The standard InChI is InChI=1S/C15H22FNO3/c1-7-11(12(16)8-10(2)19-6)9-13(17)14(18)20-15(3,4)5/h1,8,13H,9,17H2,2-6H3/b10-8+,12-11-/t13-/m0/s1. The first-order valence-corrected chi connectivity index (χ1v) is 6.16. The van der Waals surface area contributed by atoms with Crippen LogP contribution in [0, 0.1) is 12.3 Å². The van der Waals surface area contributed by atoms with Gasteiger partial charge in [0, 0.05) is 18.1 Å². The van der Waals surface area contributed by atoms with Crippen LogP contribution >= 0.6 is 0 Å². The molecule has 0 radical (unpaired) electrons. The van der Waals surface area contributed by atoms with Gasteiger partial charge in [0.2, 0.25) is 0 Å². The Bertz CT molecular complexity index is 453. The first-order valence-electron chi connectivity index (χ1n) is 6.16. The highest BCUT2D eigenvalue weighted by atomic mass is 19.1. The van der Waals surface area contributed by atoms with E-state index in [1.54, 1.807) is 27.7 Å². The van der Waals surface area contributed by atoms with Gasteiger partial charge in [-0.2, -0.15) is 0 Å². The summed E-state index contributed by atoms with van der Waals surface area (Å²) in [5, 5.41) is 0.